The Morgan fingerprint density at radius 2 is 2.08 bits per heavy atom. The van der Waals surface area contributed by atoms with Gasteiger partial charge in [0, 0.05) is 29.4 Å². The lowest BCUT2D eigenvalue weighted by molar-refractivity contribution is -0.127. The summed E-state index contributed by atoms with van der Waals surface area (Å²) >= 11 is 1.76. The first-order valence-electron chi connectivity index (χ1n) is 9.75. The summed E-state index contributed by atoms with van der Waals surface area (Å²) in [7, 11) is 0. The van der Waals surface area contributed by atoms with Crippen molar-refractivity contribution in [2.45, 2.75) is 78.0 Å². The second-order valence-corrected chi connectivity index (χ2v) is 10.9. The second kappa shape index (κ2) is 6.69. The van der Waals surface area contributed by atoms with Gasteiger partial charge in [-0.25, -0.2) is 4.79 Å². The number of carbonyl (C=O) groups is 2. The molecule has 0 aromatic rings. The summed E-state index contributed by atoms with van der Waals surface area (Å²) in [6, 6.07) is -0.0296. The molecular weight excluding hydrogens is 350 g/mol. The van der Waals surface area contributed by atoms with E-state index < -0.39 is 11.7 Å². The number of aliphatic hydroxyl groups excluding tert-OH is 1. The molecule has 2 bridgehead atoms. The molecule has 3 rings (SSSR count). The predicted molar refractivity (Wildman–Crippen MR) is 103 cm³/mol. The lowest BCUT2D eigenvalue weighted by atomic mass is 9.70. The summed E-state index contributed by atoms with van der Waals surface area (Å²) in [6.45, 7) is 10.4. The monoisotopic (exact) mass is 383 g/mol. The van der Waals surface area contributed by atoms with Crippen LogP contribution >= 0.6 is 11.8 Å². The number of carbonyl (C=O) groups excluding carboxylic acids is 2. The molecule has 0 spiro atoms. The predicted octanol–water partition coefficient (Wildman–Crippen LogP) is 3.49. The first kappa shape index (κ1) is 20.0. The molecule has 1 heterocycles. The fourth-order valence-corrected chi connectivity index (χ4v) is 6.80. The molecule has 6 heteroatoms. The van der Waals surface area contributed by atoms with Crippen LogP contribution in [0.4, 0.5) is 4.79 Å². The molecule has 1 aliphatic heterocycles. The standard InChI is InChI=1S/C20H33NO4S/c1-18(2,3)25-17(24)21-10-15(22)9-14(21)11-26-12-20-7-6-13(8-16(20)23)19(20,4)5/h13-15,22H,6-12H2,1-5H3/t13?,14-,15+,20+/m0/s1. The lowest BCUT2D eigenvalue weighted by Crippen LogP contribution is -2.42. The van der Waals surface area contributed by atoms with E-state index in [0.717, 1.165) is 30.8 Å². The summed E-state index contributed by atoms with van der Waals surface area (Å²) in [5, 5.41) is 10.0. The number of rotatable bonds is 4. The highest BCUT2D eigenvalue weighted by molar-refractivity contribution is 7.99. The summed E-state index contributed by atoms with van der Waals surface area (Å²) < 4.78 is 5.49. The third kappa shape index (κ3) is 3.39. The topological polar surface area (TPSA) is 66.8 Å². The van der Waals surface area contributed by atoms with Crippen molar-refractivity contribution >= 4 is 23.6 Å². The fourth-order valence-electron chi connectivity index (χ4n) is 5.07. The van der Waals surface area contributed by atoms with Crippen LogP contribution < -0.4 is 0 Å². The van der Waals surface area contributed by atoms with Crippen molar-refractivity contribution in [3.8, 4) is 0 Å². The zero-order chi connectivity index (χ0) is 19.3. The van der Waals surface area contributed by atoms with Gasteiger partial charge in [0.15, 0.2) is 0 Å². The molecule has 0 aromatic heterocycles. The second-order valence-electron chi connectivity index (χ2n) is 9.86. The van der Waals surface area contributed by atoms with E-state index in [2.05, 4.69) is 13.8 Å². The van der Waals surface area contributed by atoms with E-state index in [4.69, 9.17) is 4.74 Å². The van der Waals surface area contributed by atoms with Crippen molar-refractivity contribution in [2.75, 3.05) is 18.1 Å². The Morgan fingerprint density at radius 1 is 1.38 bits per heavy atom. The van der Waals surface area contributed by atoms with Crippen LogP contribution in [0.2, 0.25) is 0 Å². The Labute approximate surface area is 161 Å². The molecule has 26 heavy (non-hydrogen) atoms. The highest BCUT2D eigenvalue weighted by atomic mass is 32.2. The Balaban J connectivity index is 1.60. The Hall–Kier alpha value is -0.750. The summed E-state index contributed by atoms with van der Waals surface area (Å²) in [5.74, 6) is 2.53. The molecule has 1 N–H and O–H groups in total. The third-order valence-corrected chi connectivity index (χ3v) is 8.14. The SMILES string of the molecule is CC(C)(C)OC(=O)N1C[C@H](O)C[C@H]1CSC[C@]12CCC(CC1=O)C2(C)C. The lowest BCUT2D eigenvalue weighted by Gasteiger charge is -2.37. The van der Waals surface area contributed by atoms with Gasteiger partial charge in [-0.2, -0.15) is 11.8 Å². The van der Waals surface area contributed by atoms with Gasteiger partial charge in [0.25, 0.3) is 0 Å². The van der Waals surface area contributed by atoms with Gasteiger partial charge in [0.05, 0.1) is 12.6 Å². The van der Waals surface area contributed by atoms with E-state index >= 15 is 0 Å². The van der Waals surface area contributed by atoms with Gasteiger partial charge in [-0.05, 0) is 51.4 Å². The van der Waals surface area contributed by atoms with Crippen molar-refractivity contribution in [3.05, 3.63) is 0 Å². The van der Waals surface area contributed by atoms with Crippen LogP contribution in [0, 0.1) is 16.7 Å². The van der Waals surface area contributed by atoms with Crippen molar-refractivity contribution in [1.82, 2.24) is 4.90 Å². The molecule has 1 saturated heterocycles. The maximum Gasteiger partial charge on any atom is 0.410 e. The van der Waals surface area contributed by atoms with Crippen molar-refractivity contribution in [1.29, 1.82) is 0 Å². The van der Waals surface area contributed by atoms with E-state index in [-0.39, 0.29) is 23.0 Å². The quantitative estimate of drug-likeness (QED) is 0.805. The van der Waals surface area contributed by atoms with Crippen LogP contribution in [-0.2, 0) is 9.53 Å². The van der Waals surface area contributed by atoms with Crippen molar-refractivity contribution in [3.63, 3.8) is 0 Å². The van der Waals surface area contributed by atoms with Gasteiger partial charge >= 0.3 is 6.09 Å². The minimum atomic E-state index is -0.541. The van der Waals surface area contributed by atoms with Crippen molar-refractivity contribution < 1.29 is 19.4 Å². The van der Waals surface area contributed by atoms with E-state index in [9.17, 15) is 14.7 Å². The van der Waals surface area contributed by atoms with Gasteiger partial charge in [-0.3, -0.25) is 4.79 Å². The number of amides is 1. The minimum absolute atomic E-state index is 0.0296. The molecule has 1 unspecified atom stereocenters. The number of fused-ring (bicyclic) bond motifs is 2. The first-order valence-corrected chi connectivity index (χ1v) is 10.9. The van der Waals surface area contributed by atoms with Gasteiger partial charge < -0.3 is 14.7 Å². The molecule has 4 atom stereocenters. The normalized spacial score (nSPS) is 36.0. The van der Waals surface area contributed by atoms with Gasteiger partial charge in [0.1, 0.15) is 11.4 Å². The Morgan fingerprint density at radius 3 is 2.62 bits per heavy atom. The summed E-state index contributed by atoms with van der Waals surface area (Å²) in [6.07, 6.45) is 2.63. The van der Waals surface area contributed by atoms with Crippen molar-refractivity contribution in [2.24, 2.45) is 16.7 Å². The van der Waals surface area contributed by atoms with Gasteiger partial charge in [-0.1, -0.05) is 13.8 Å². The molecule has 148 valence electrons. The molecule has 3 fully saturated rings. The smallest absolute Gasteiger partial charge is 0.410 e. The Kier molecular flexibility index (Phi) is 5.15. The van der Waals surface area contributed by atoms with Crippen LogP contribution in [0.1, 0.15) is 60.3 Å². The maximum atomic E-state index is 12.6. The molecule has 3 aliphatic rings. The Bertz CT molecular complexity index is 585. The molecular formula is C20H33NO4S. The van der Waals surface area contributed by atoms with Crippen LogP contribution in [0.3, 0.4) is 0 Å². The number of nitrogens with zero attached hydrogens (tertiary/aromatic N) is 1. The van der Waals surface area contributed by atoms with Crippen LogP contribution in [0.15, 0.2) is 0 Å². The number of hydrogen-bond donors (Lipinski definition) is 1. The van der Waals surface area contributed by atoms with E-state index in [0.29, 0.717) is 24.7 Å². The zero-order valence-corrected chi connectivity index (χ0v) is 17.5. The molecule has 2 saturated carbocycles. The first-order chi connectivity index (χ1) is 12.0. The van der Waals surface area contributed by atoms with E-state index in [1.807, 2.05) is 20.8 Å². The maximum absolute atomic E-state index is 12.6. The fraction of sp³-hybridized carbons (Fsp3) is 0.900. The molecule has 0 radical (unpaired) electrons. The third-order valence-electron chi connectivity index (χ3n) is 6.82. The average Bonchev–Trinajstić information content (AvgIpc) is 3.04. The average molecular weight is 384 g/mol. The highest BCUT2D eigenvalue weighted by Gasteiger charge is 2.63. The number of ketones is 1. The van der Waals surface area contributed by atoms with Crippen LogP contribution in [0.25, 0.3) is 0 Å². The zero-order valence-electron chi connectivity index (χ0n) is 16.7. The van der Waals surface area contributed by atoms with Crippen LogP contribution in [0.5, 0.6) is 0 Å². The number of likely N-dealkylation sites (tertiary alicyclic amines) is 1. The minimum Gasteiger partial charge on any atom is -0.444 e. The number of Topliss-reactive ketones (excluding diaryl/α,β-unsaturated/α-hetero) is 1. The van der Waals surface area contributed by atoms with Crippen LogP contribution in [-0.4, -0.2) is 57.7 Å². The summed E-state index contributed by atoms with van der Waals surface area (Å²) in [4.78, 5) is 26.8. The number of ether oxygens (including phenoxy) is 1. The highest BCUT2D eigenvalue weighted by Crippen LogP contribution is 2.64. The molecule has 5 nitrogen and oxygen atoms in total. The molecule has 1 amide bonds. The van der Waals surface area contributed by atoms with E-state index in [1.165, 1.54) is 0 Å². The number of β-amino-alcohol motifs (C(OH)–C–C–N with tert-alkyl or cyclic N) is 1. The van der Waals surface area contributed by atoms with E-state index in [1.54, 1.807) is 16.7 Å². The largest absolute Gasteiger partial charge is 0.444 e. The number of aliphatic hydroxyl groups is 1. The van der Waals surface area contributed by atoms with Gasteiger partial charge in [-0.15, -0.1) is 0 Å². The number of hydrogen-bond acceptors (Lipinski definition) is 5. The molecule has 2 aliphatic carbocycles. The van der Waals surface area contributed by atoms with Gasteiger partial charge in [0.2, 0.25) is 0 Å². The number of thioether (sulfide) groups is 1. The molecule has 0 aromatic carbocycles. The summed E-state index contributed by atoms with van der Waals surface area (Å²) in [5.41, 5.74) is -0.659.